The maximum absolute atomic E-state index is 13.1. The van der Waals surface area contributed by atoms with Crippen LogP contribution in [0.2, 0.25) is 0 Å². The standard InChI is InChI=1S/C23H29NO4/c1-3-28-23(27)14-15-24(17-18(2)25)22(26)16-21(19-10-6-4-7-11-19)20-12-8-5-9-13-20/h4-13,18,21,25H,3,14-17H2,1-2H3. The number of rotatable bonds is 10. The lowest BCUT2D eigenvalue weighted by Gasteiger charge is -2.26. The number of aliphatic hydroxyl groups excluding tert-OH is 1. The van der Waals surface area contributed by atoms with E-state index in [1.54, 1.807) is 18.7 Å². The number of benzene rings is 2. The number of carbonyl (C=O) groups excluding carboxylic acids is 2. The van der Waals surface area contributed by atoms with Crippen LogP contribution in [-0.2, 0) is 14.3 Å². The maximum Gasteiger partial charge on any atom is 0.307 e. The van der Waals surface area contributed by atoms with Crippen molar-refractivity contribution in [1.29, 1.82) is 0 Å². The first-order valence-corrected chi connectivity index (χ1v) is 9.72. The lowest BCUT2D eigenvalue weighted by Crippen LogP contribution is -2.39. The largest absolute Gasteiger partial charge is 0.466 e. The number of hydrogen-bond donors (Lipinski definition) is 1. The number of esters is 1. The topological polar surface area (TPSA) is 66.8 Å². The average Bonchev–Trinajstić information content (AvgIpc) is 2.70. The molecule has 0 saturated carbocycles. The van der Waals surface area contributed by atoms with E-state index in [1.165, 1.54) is 0 Å². The zero-order valence-electron chi connectivity index (χ0n) is 16.6. The van der Waals surface area contributed by atoms with E-state index in [2.05, 4.69) is 0 Å². The van der Waals surface area contributed by atoms with E-state index < -0.39 is 6.10 Å². The minimum Gasteiger partial charge on any atom is -0.466 e. The van der Waals surface area contributed by atoms with E-state index in [1.807, 2.05) is 60.7 Å². The van der Waals surface area contributed by atoms with Gasteiger partial charge >= 0.3 is 5.97 Å². The van der Waals surface area contributed by atoms with Crippen molar-refractivity contribution in [2.24, 2.45) is 0 Å². The fraction of sp³-hybridized carbons (Fsp3) is 0.391. The zero-order chi connectivity index (χ0) is 20.4. The predicted molar refractivity (Wildman–Crippen MR) is 109 cm³/mol. The van der Waals surface area contributed by atoms with Gasteiger partial charge in [0, 0.05) is 25.4 Å². The quantitative estimate of drug-likeness (QED) is 0.639. The Bertz CT molecular complexity index is 691. The van der Waals surface area contributed by atoms with Crippen molar-refractivity contribution in [3.05, 3.63) is 71.8 Å². The summed E-state index contributed by atoms with van der Waals surface area (Å²) in [4.78, 5) is 26.3. The van der Waals surface area contributed by atoms with Crippen LogP contribution in [0.25, 0.3) is 0 Å². The van der Waals surface area contributed by atoms with Gasteiger partial charge in [-0.3, -0.25) is 9.59 Å². The van der Waals surface area contributed by atoms with Crippen molar-refractivity contribution in [2.45, 2.75) is 38.7 Å². The van der Waals surface area contributed by atoms with Crippen molar-refractivity contribution in [1.82, 2.24) is 4.90 Å². The van der Waals surface area contributed by atoms with Gasteiger partial charge < -0.3 is 14.7 Å². The Hall–Kier alpha value is -2.66. The molecule has 0 saturated heterocycles. The van der Waals surface area contributed by atoms with Crippen LogP contribution in [0.3, 0.4) is 0 Å². The number of carbonyl (C=O) groups is 2. The molecule has 0 aromatic heterocycles. The van der Waals surface area contributed by atoms with Crippen LogP contribution in [0, 0.1) is 0 Å². The minimum absolute atomic E-state index is 0.0889. The molecular weight excluding hydrogens is 354 g/mol. The molecule has 0 aliphatic heterocycles. The Kier molecular flexibility index (Phi) is 8.69. The number of hydrogen-bond acceptors (Lipinski definition) is 4. The Balaban J connectivity index is 2.17. The molecule has 0 heterocycles. The summed E-state index contributed by atoms with van der Waals surface area (Å²) in [5.41, 5.74) is 2.12. The third-order valence-corrected chi connectivity index (χ3v) is 4.51. The first-order valence-electron chi connectivity index (χ1n) is 9.72. The molecule has 5 heteroatoms. The van der Waals surface area contributed by atoms with Crippen molar-refractivity contribution < 1.29 is 19.4 Å². The minimum atomic E-state index is -0.668. The Morgan fingerprint density at radius 2 is 1.54 bits per heavy atom. The normalized spacial score (nSPS) is 11.9. The highest BCUT2D eigenvalue weighted by Crippen LogP contribution is 2.28. The van der Waals surface area contributed by atoms with Crippen LogP contribution in [-0.4, -0.2) is 47.7 Å². The summed E-state index contributed by atoms with van der Waals surface area (Å²) < 4.78 is 4.96. The van der Waals surface area contributed by atoms with Gasteiger partial charge in [-0.25, -0.2) is 0 Å². The van der Waals surface area contributed by atoms with Gasteiger partial charge in [0.25, 0.3) is 0 Å². The summed E-state index contributed by atoms with van der Waals surface area (Å²) in [5.74, 6) is -0.523. The molecule has 0 spiro atoms. The second-order valence-electron chi connectivity index (χ2n) is 6.82. The smallest absolute Gasteiger partial charge is 0.307 e. The average molecular weight is 383 g/mol. The number of amides is 1. The maximum atomic E-state index is 13.1. The van der Waals surface area contributed by atoms with Crippen LogP contribution >= 0.6 is 0 Å². The van der Waals surface area contributed by atoms with Crippen molar-refractivity contribution in [3.8, 4) is 0 Å². The van der Waals surface area contributed by atoms with E-state index in [9.17, 15) is 14.7 Å². The highest BCUT2D eigenvalue weighted by molar-refractivity contribution is 5.78. The summed E-state index contributed by atoms with van der Waals surface area (Å²) in [6.07, 6.45) is -0.282. The monoisotopic (exact) mass is 383 g/mol. The van der Waals surface area contributed by atoms with Crippen LogP contribution in [0.4, 0.5) is 0 Å². The molecule has 1 atom stereocenters. The van der Waals surface area contributed by atoms with Gasteiger partial charge in [-0.2, -0.15) is 0 Å². The third-order valence-electron chi connectivity index (χ3n) is 4.51. The van der Waals surface area contributed by atoms with Gasteiger partial charge in [-0.15, -0.1) is 0 Å². The van der Waals surface area contributed by atoms with E-state index in [-0.39, 0.29) is 43.7 Å². The molecule has 2 aromatic carbocycles. The van der Waals surface area contributed by atoms with Gasteiger partial charge in [-0.05, 0) is 25.0 Å². The molecule has 0 aliphatic rings. The molecule has 2 rings (SSSR count). The van der Waals surface area contributed by atoms with E-state index in [4.69, 9.17) is 4.74 Å². The fourth-order valence-electron chi connectivity index (χ4n) is 3.20. The highest BCUT2D eigenvalue weighted by atomic mass is 16.5. The third kappa shape index (κ3) is 6.82. The lowest BCUT2D eigenvalue weighted by molar-refractivity contribution is -0.144. The molecule has 28 heavy (non-hydrogen) atoms. The molecule has 5 nitrogen and oxygen atoms in total. The van der Waals surface area contributed by atoms with Crippen LogP contribution in [0.1, 0.15) is 43.7 Å². The summed E-state index contributed by atoms with van der Waals surface area (Å²) in [5, 5.41) is 9.80. The fourth-order valence-corrected chi connectivity index (χ4v) is 3.20. The van der Waals surface area contributed by atoms with Crippen LogP contribution < -0.4 is 0 Å². The molecule has 1 unspecified atom stereocenters. The summed E-state index contributed by atoms with van der Waals surface area (Å²) in [6.45, 7) is 4.12. The van der Waals surface area contributed by atoms with E-state index >= 15 is 0 Å². The lowest BCUT2D eigenvalue weighted by atomic mass is 9.88. The molecule has 0 bridgehead atoms. The number of ether oxygens (including phenoxy) is 1. The zero-order valence-corrected chi connectivity index (χ0v) is 16.6. The van der Waals surface area contributed by atoms with Crippen molar-refractivity contribution >= 4 is 11.9 Å². The molecule has 0 radical (unpaired) electrons. The second kappa shape index (κ2) is 11.2. The SMILES string of the molecule is CCOC(=O)CCN(CC(C)O)C(=O)CC(c1ccccc1)c1ccccc1. The summed E-state index contributed by atoms with van der Waals surface area (Å²) in [7, 11) is 0. The predicted octanol–water partition coefficient (Wildman–Crippen LogP) is 3.37. The Morgan fingerprint density at radius 3 is 2.00 bits per heavy atom. The Morgan fingerprint density at radius 1 is 1.00 bits per heavy atom. The van der Waals surface area contributed by atoms with E-state index in [0.29, 0.717) is 6.61 Å². The first kappa shape index (κ1) is 21.6. The highest BCUT2D eigenvalue weighted by Gasteiger charge is 2.23. The number of nitrogens with zero attached hydrogens (tertiary/aromatic N) is 1. The van der Waals surface area contributed by atoms with E-state index in [0.717, 1.165) is 11.1 Å². The number of aliphatic hydroxyl groups is 1. The summed E-state index contributed by atoms with van der Waals surface area (Å²) in [6, 6.07) is 19.8. The van der Waals surface area contributed by atoms with Gasteiger partial charge in [0.2, 0.25) is 5.91 Å². The second-order valence-corrected chi connectivity index (χ2v) is 6.82. The van der Waals surface area contributed by atoms with Gasteiger partial charge in [0.1, 0.15) is 0 Å². The van der Waals surface area contributed by atoms with Gasteiger partial charge in [0.05, 0.1) is 19.1 Å². The molecule has 1 amide bonds. The summed E-state index contributed by atoms with van der Waals surface area (Å²) >= 11 is 0. The molecule has 2 aromatic rings. The molecular formula is C23H29NO4. The van der Waals surface area contributed by atoms with Gasteiger partial charge in [0.15, 0.2) is 0 Å². The van der Waals surface area contributed by atoms with Crippen LogP contribution in [0.5, 0.6) is 0 Å². The van der Waals surface area contributed by atoms with Crippen LogP contribution in [0.15, 0.2) is 60.7 Å². The molecule has 0 fully saturated rings. The molecule has 0 aliphatic carbocycles. The van der Waals surface area contributed by atoms with Gasteiger partial charge in [-0.1, -0.05) is 60.7 Å². The van der Waals surface area contributed by atoms with Crippen molar-refractivity contribution in [3.63, 3.8) is 0 Å². The first-order chi connectivity index (χ1) is 13.5. The Labute approximate surface area is 166 Å². The molecule has 150 valence electrons. The molecule has 1 N–H and O–H groups in total. The van der Waals surface area contributed by atoms with Crippen molar-refractivity contribution in [2.75, 3.05) is 19.7 Å².